The molecule has 2 heterocycles. The molecule has 1 fully saturated rings. The van der Waals surface area contributed by atoms with E-state index < -0.39 is 0 Å². The van der Waals surface area contributed by atoms with Gasteiger partial charge in [-0.05, 0) is 0 Å². The van der Waals surface area contributed by atoms with Gasteiger partial charge in [-0.1, -0.05) is 0 Å². The van der Waals surface area contributed by atoms with Gasteiger partial charge < -0.3 is 11.1 Å². The molecule has 1 aliphatic rings. The molecular weight excluding hydrogens is 182 g/mol. The summed E-state index contributed by atoms with van der Waals surface area (Å²) in [6.45, 7) is 1.72. The van der Waals surface area contributed by atoms with Gasteiger partial charge in [0.2, 0.25) is 0 Å². The van der Waals surface area contributed by atoms with Crippen molar-refractivity contribution in [2.45, 2.75) is 6.54 Å². The zero-order valence-corrected chi connectivity index (χ0v) is 8.03. The van der Waals surface area contributed by atoms with Crippen molar-refractivity contribution < 1.29 is 4.79 Å². The number of hydrogen-bond donors (Lipinski definition) is 2. The highest BCUT2D eigenvalue weighted by molar-refractivity contribution is 5.93. The lowest BCUT2D eigenvalue weighted by atomic mass is 10.3. The quantitative estimate of drug-likeness (QED) is 0.662. The predicted molar refractivity (Wildman–Crippen MR) is 51.8 cm³/mol. The van der Waals surface area contributed by atoms with E-state index >= 15 is 0 Å². The Balaban J connectivity index is 2.34. The minimum Gasteiger partial charge on any atom is -0.336 e. The van der Waals surface area contributed by atoms with Gasteiger partial charge in [-0.25, -0.2) is 4.79 Å². The minimum atomic E-state index is -0.0987. The van der Waals surface area contributed by atoms with Gasteiger partial charge in [-0.15, -0.1) is 0 Å². The maximum absolute atomic E-state index is 11.4. The van der Waals surface area contributed by atoms with E-state index in [1.165, 1.54) is 0 Å². The highest BCUT2D eigenvalue weighted by atomic mass is 16.2. The van der Waals surface area contributed by atoms with Crippen LogP contribution in [0.1, 0.15) is 5.56 Å². The van der Waals surface area contributed by atoms with E-state index in [9.17, 15) is 4.79 Å². The van der Waals surface area contributed by atoms with Crippen LogP contribution in [-0.4, -0.2) is 28.9 Å². The summed E-state index contributed by atoms with van der Waals surface area (Å²) in [5.41, 5.74) is 6.46. The summed E-state index contributed by atoms with van der Waals surface area (Å²) < 4.78 is 1.67. The van der Waals surface area contributed by atoms with Crippen molar-refractivity contribution in [1.29, 1.82) is 0 Å². The first-order valence-corrected chi connectivity index (χ1v) is 4.50. The van der Waals surface area contributed by atoms with Crippen molar-refractivity contribution >= 4 is 11.8 Å². The van der Waals surface area contributed by atoms with Crippen LogP contribution >= 0.6 is 0 Å². The van der Waals surface area contributed by atoms with Crippen LogP contribution in [-0.2, 0) is 13.6 Å². The predicted octanol–water partition coefficient (Wildman–Crippen LogP) is -0.592. The Morgan fingerprint density at radius 1 is 1.71 bits per heavy atom. The fraction of sp³-hybridized carbons (Fsp3) is 0.500. The van der Waals surface area contributed by atoms with E-state index in [-0.39, 0.29) is 6.03 Å². The number of rotatable bonds is 2. The molecule has 0 spiro atoms. The summed E-state index contributed by atoms with van der Waals surface area (Å²) in [4.78, 5) is 13.0. The molecule has 76 valence electrons. The normalized spacial score (nSPS) is 16.1. The second-order valence-corrected chi connectivity index (χ2v) is 3.24. The van der Waals surface area contributed by atoms with Gasteiger partial charge in [0.25, 0.3) is 0 Å². The monoisotopic (exact) mass is 195 g/mol. The van der Waals surface area contributed by atoms with E-state index in [0.29, 0.717) is 25.5 Å². The Morgan fingerprint density at radius 2 is 2.50 bits per heavy atom. The molecule has 0 bridgehead atoms. The third-order valence-corrected chi connectivity index (χ3v) is 2.21. The van der Waals surface area contributed by atoms with Crippen molar-refractivity contribution in [3.05, 3.63) is 11.8 Å². The lowest BCUT2D eigenvalue weighted by Crippen LogP contribution is -2.29. The molecule has 6 nitrogen and oxygen atoms in total. The molecule has 1 aromatic heterocycles. The van der Waals surface area contributed by atoms with Gasteiger partial charge in [-0.2, -0.15) is 5.10 Å². The van der Waals surface area contributed by atoms with Gasteiger partial charge >= 0.3 is 6.03 Å². The lowest BCUT2D eigenvalue weighted by Gasteiger charge is -2.11. The number of carbonyl (C=O) groups excluding carboxylic acids is 1. The summed E-state index contributed by atoms with van der Waals surface area (Å²) >= 11 is 0. The zero-order valence-electron chi connectivity index (χ0n) is 8.03. The van der Waals surface area contributed by atoms with Crippen LogP contribution in [0, 0.1) is 0 Å². The highest BCUT2D eigenvalue weighted by Gasteiger charge is 2.25. The molecule has 0 unspecified atom stereocenters. The zero-order chi connectivity index (χ0) is 10.1. The number of hydrogen-bond acceptors (Lipinski definition) is 3. The SMILES string of the molecule is Cn1cc(CN)c(N2CCNC2=O)n1. The molecule has 2 rings (SSSR count). The van der Waals surface area contributed by atoms with Crippen molar-refractivity contribution in [2.24, 2.45) is 12.8 Å². The van der Waals surface area contributed by atoms with E-state index in [4.69, 9.17) is 5.73 Å². The van der Waals surface area contributed by atoms with Crippen LogP contribution < -0.4 is 16.0 Å². The van der Waals surface area contributed by atoms with Crippen molar-refractivity contribution in [1.82, 2.24) is 15.1 Å². The number of urea groups is 1. The Bertz CT molecular complexity index is 359. The van der Waals surface area contributed by atoms with Gasteiger partial charge in [-0.3, -0.25) is 9.58 Å². The second kappa shape index (κ2) is 3.30. The number of carbonyl (C=O) groups is 1. The molecule has 1 aromatic rings. The molecule has 14 heavy (non-hydrogen) atoms. The number of aromatic nitrogens is 2. The molecule has 0 radical (unpaired) electrons. The van der Waals surface area contributed by atoms with Crippen molar-refractivity contribution in [3.8, 4) is 0 Å². The number of aryl methyl sites for hydroxylation is 1. The van der Waals surface area contributed by atoms with Gasteiger partial charge in [0.05, 0.1) is 0 Å². The van der Waals surface area contributed by atoms with E-state index in [1.54, 1.807) is 9.58 Å². The van der Waals surface area contributed by atoms with Crippen molar-refractivity contribution in [3.63, 3.8) is 0 Å². The molecule has 0 aliphatic carbocycles. The number of anilines is 1. The Morgan fingerprint density at radius 3 is 3.07 bits per heavy atom. The number of nitrogens with two attached hydrogens (primary N) is 1. The number of amides is 2. The van der Waals surface area contributed by atoms with Crippen LogP contribution in [0.25, 0.3) is 0 Å². The fourth-order valence-corrected chi connectivity index (χ4v) is 1.57. The van der Waals surface area contributed by atoms with E-state index in [2.05, 4.69) is 10.4 Å². The standard InChI is InChI=1S/C8H13N5O/c1-12-5-6(4-9)7(11-12)13-3-2-10-8(13)14/h5H,2-4,9H2,1H3,(H,10,14). The van der Waals surface area contributed by atoms with Gasteiger partial charge in [0.15, 0.2) is 5.82 Å². The minimum absolute atomic E-state index is 0.0987. The van der Waals surface area contributed by atoms with Crippen LogP contribution in [0.2, 0.25) is 0 Å². The first kappa shape index (κ1) is 9.01. The van der Waals surface area contributed by atoms with Gasteiger partial charge in [0, 0.05) is 38.4 Å². The summed E-state index contributed by atoms with van der Waals surface area (Å²) in [5.74, 6) is 0.671. The Hall–Kier alpha value is -1.56. The third-order valence-electron chi connectivity index (χ3n) is 2.21. The van der Waals surface area contributed by atoms with Crippen LogP contribution in [0.5, 0.6) is 0 Å². The maximum Gasteiger partial charge on any atom is 0.323 e. The van der Waals surface area contributed by atoms with Crippen LogP contribution in [0.15, 0.2) is 6.20 Å². The second-order valence-electron chi connectivity index (χ2n) is 3.24. The molecule has 6 heteroatoms. The molecule has 0 atom stereocenters. The summed E-state index contributed by atoms with van der Waals surface area (Å²) in [5, 5.41) is 6.94. The summed E-state index contributed by atoms with van der Waals surface area (Å²) in [6.07, 6.45) is 1.83. The molecule has 3 N–H and O–H groups in total. The molecule has 2 amide bonds. The fourth-order valence-electron chi connectivity index (χ4n) is 1.57. The molecule has 0 aromatic carbocycles. The Labute approximate surface area is 81.7 Å². The highest BCUT2D eigenvalue weighted by Crippen LogP contribution is 2.18. The first-order chi connectivity index (χ1) is 6.72. The smallest absolute Gasteiger partial charge is 0.323 e. The number of nitrogens with zero attached hydrogens (tertiary/aromatic N) is 3. The van der Waals surface area contributed by atoms with E-state index in [1.807, 2.05) is 13.2 Å². The molecule has 1 saturated heterocycles. The molecular formula is C8H13N5O. The average molecular weight is 195 g/mol. The molecule has 0 saturated carbocycles. The third kappa shape index (κ3) is 1.33. The van der Waals surface area contributed by atoms with Gasteiger partial charge in [0.1, 0.15) is 0 Å². The topological polar surface area (TPSA) is 76.2 Å². The summed E-state index contributed by atoms with van der Waals surface area (Å²) in [7, 11) is 1.82. The largest absolute Gasteiger partial charge is 0.336 e. The lowest BCUT2D eigenvalue weighted by molar-refractivity contribution is 0.252. The summed E-state index contributed by atoms with van der Waals surface area (Å²) in [6, 6.07) is -0.0987. The van der Waals surface area contributed by atoms with E-state index in [0.717, 1.165) is 5.56 Å². The van der Waals surface area contributed by atoms with Crippen LogP contribution in [0.3, 0.4) is 0 Å². The maximum atomic E-state index is 11.4. The Kier molecular flexibility index (Phi) is 2.12. The van der Waals surface area contributed by atoms with Crippen LogP contribution in [0.4, 0.5) is 10.6 Å². The van der Waals surface area contributed by atoms with Crippen molar-refractivity contribution in [2.75, 3.05) is 18.0 Å². The number of nitrogens with one attached hydrogen (secondary N) is 1. The molecule has 1 aliphatic heterocycles. The average Bonchev–Trinajstić information content (AvgIpc) is 2.71. The first-order valence-electron chi connectivity index (χ1n) is 4.50.